The van der Waals surface area contributed by atoms with Crippen LogP contribution in [0.5, 0.6) is 0 Å². The van der Waals surface area contributed by atoms with Gasteiger partial charge in [-0.3, -0.25) is 4.79 Å². The van der Waals surface area contributed by atoms with Crippen LogP contribution in [-0.4, -0.2) is 17.3 Å². The maximum atomic E-state index is 13.1. The molecular formula is C17H17BrFNO. The van der Waals surface area contributed by atoms with Crippen LogP contribution in [0.4, 0.5) is 4.39 Å². The first-order chi connectivity index (χ1) is 10.2. The van der Waals surface area contributed by atoms with Crippen molar-refractivity contribution in [2.24, 2.45) is 0 Å². The normalized spacial score (nSPS) is 11.9. The lowest BCUT2D eigenvalue weighted by molar-refractivity contribution is -0.121. The fraction of sp³-hybridized carbons (Fsp3) is 0.235. The highest BCUT2D eigenvalue weighted by Crippen LogP contribution is 2.07. The van der Waals surface area contributed by atoms with Crippen LogP contribution in [0.2, 0.25) is 0 Å². The number of carbonyl (C=O) groups excluding carboxylic acids is 1. The van der Waals surface area contributed by atoms with Gasteiger partial charge in [-0.1, -0.05) is 58.4 Å². The molecule has 4 heteroatoms. The van der Waals surface area contributed by atoms with Crippen LogP contribution < -0.4 is 5.32 Å². The predicted octanol–water partition coefficient (Wildman–Crippen LogP) is 3.49. The Morgan fingerprint density at radius 2 is 1.81 bits per heavy atom. The molecule has 2 aromatic carbocycles. The fourth-order valence-electron chi connectivity index (χ4n) is 2.15. The Morgan fingerprint density at radius 1 is 1.10 bits per heavy atom. The fourth-order valence-corrected chi connectivity index (χ4v) is 2.54. The number of hydrogen-bond donors (Lipinski definition) is 1. The van der Waals surface area contributed by atoms with Gasteiger partial charge in [-0.25, -0.2) is 4.39 Å². The standard InChI is InChI=1S/C17H17BrFNO/c18-12-16(10-13-5-2-1-3-6-13)20-17(21)11-14-7-4-8-15(19)9-14/h1-9,16H,10-12H2,(H,20,21). The second-order valence-corrected chi connectivity index (χ2v) is 5.56. The van der Waals surface area contributed by atoms with Gasteiger partial charge in [0, 0.05) is 11.4 Å². The van der Waals surface area contributed by atoms with Crippen LogP contribution in [-0.2, 0) is 17.6 Å². The van der Waals surface area contributed by atoms with Gasteiger partial charge in [0.1, 0.15) is 5.82 Å². The van der Waals surface area contributed by atoms with Crippen LogP contribution in [0.15, 0.2) is 54.6 Å². The second-order valence-electron chi connectivity index (χ2n) is 4.92. The zero-order valence-electron chi connectivity index (χ0n) is 11.6. The molecule has 0 aliphatic heterocycles. The minimum absolute atomic E-state index is 0.0217. The van der Waals surface area contributed by atoms with Gasteiger partial charge in [-0.2, -0.15) is 0 Å². The van der Waals surface area contributed by atoms with Gasteiger partial charge >= 0.3 is 0 Å². The molecule has 2 aromatic rings. The van der Waals surface area contributed by atoms with Crippen LogP contribution >= 0.6 is 15.9 Å². The van der Waals surface area contributed by atoms with Crippen molar-refractivity contribution in [3.63, 3.8) is 0 Å². The van der Waals surface area contributed by atoms with Crippen molar-refractivity contribution in [1.29, 1.82) is 0 Å². The Bertz CT molecular complexity index is 588. The Hall–Kier alpha value is -1.68. The lowest BCUT2D eigenvalue weighted by atomic mass is 10.1. The Morgan fingerprint density at radius 3 is 2.48 bits per heavy atom. The quantitative estimate of drug-likeness (QED) is 0.794. The summed E-state index contributed by atoms with van der Waals surface area (Å²) in [4.78, 5) is 12.0. The number of rotatable bonds is 6. The van der Waals surface area contributed by atoms with E-state index in [1.807, 2.05) is 30.3 Å². The highest BCUT2D eigenvalue weighted by atomic mass is 79.9. The molecule has 0 radical (unpaired) electrons. The predicted molar refractivity (Wildman–Crippen MR) is 86.0 cm³/mol. The van der Waals surface area contributed by atoms with E-state index in [0.29, 0.717) is 10.9 Å². The third-order valence-electron chi connectivity index (χ3n) is 3.13. The molecule has 0 bridgehead atoms. The van der Waals surface area contributed by atoms with Crippen LogP contribution in [0.25, 0.3) is 0 Å². The first kappa shape index (κ1) is 15.7. The van der Waals surface area contributed by atoms with E-state index >= 15 is 0 Å². The molecule has 1 N–H and O–H groups in total. The average molecular weight is 350 g/mol. The largest absolute Gasteiger partial charge is 0.352 e. The van der Waals surface area contributed by atoms with Crippen molar-refractivity contribution in [3.8, 4) is 0 Å². The molecule has 0 aromatic heterocycles. The topological polar surface area (TPSA) is 29.1 Å². The number of alkyl halides is 1. The SMILES string of the molecule is O=C(Cc1cccc(F)c1)NC(CBr)Cc1ccccc1. The Labute approximate surface area is 132 Å². The molecule has 0 saturated carbocycles. The highest BCUT2D eigenvalue weighted by molar-refractivity contribution is 9.09. The average Bonchev–Trinajstić information content (AvgIpc) is 2.47. The van der Waals surface area contributed by atoms with Crippen molar-refractivity contribution in [3.05, 3.63) is 71.5 Å². The maximum Gasteiger partial charge on any atom is 0.224 e. The van der Waals surface area contributed by atoms with Crippen molar-refractivity contribution in [2.45, 2.75) is 18.9 Å². The molecule has 2 rings (SSSR count). The van der Waals surface area contributed by atoms with E-state index in [9.17, 15) is 9.18 Å². The third-order valence-corrected chi connectivity index (χ3v) is 3.91. The highest BCUT2D eigenvalue weighted by Gasteiger charge is 2.12. The molecule has 0 aliphatic carbocycles. The van der Waals surface area contributed by atoms with Gasteiger partial charge in [0.25, 0.3) is 0 Å². The smallest absolute Gasteiger partial charge is 0.224 e. The van der Waals surface area contributed by atoms with Crippen LogP contribution in [0.3, 0.4) is 0 Å². The minimum atomic E-state index is -0.318. The number of hydrogen-bond acceptors (Lipinski definition) is 1. The van der Waals surface area contributed by atoms with Crippen molar-refractivity contribution >= 4 is 21.8 Å². The lowest BCUT2D eigenvalue weighted by Gasteiger charge is -2.16. The van der Waals surface area contributed by atoms with Crippen molar-refractivity contribution in [2.75, 3.05) is 5.33 Å². The molecule has 2 nitrogen and oxygen atoms in total. The molecular weight excluding hydrogens is 333 g/mol. The molecule has 0 heterocycles. The van der Waals surface area contributed by atoms with Gasteiger partial charge in [-0.05, 0) is 29.7 Å². The summed E-state index contributed by atoms with van der Waals surface area (Å²) in [7, 11) is 0. The molecule has 1 unspecified atom stereocenters. The summed E-state index contributed by atoms with van der Waals surface area (Å²) in [5.74, 6) is -0.414. The zero-order valence-corrected chi connectivity index (χ0v) is 13.1. The molecule has 0 saturated heterocycles. The van der Waals surface area contributed by atoms with Gasteiger partial charge < -0.3 is 5.32 Å². The summed E-state index contributed by atoms with van der Waals surface area (Å²) < 4.78 is 13.1. The van der Waals surface area contributed by atoms with E-state index in [1.165, 1.54) is 17.7 Å². The third kappa shape index (κ3) is 5.31. The number of carbonyl (C=O) groups is 1. The summed E-state index contributed by atoms with van der Waals surface area (Å²) in [5.41, 5.74) is 1.86. The first-order valence-electron chi connectivity index (χ1n) is 6.81. The van der Waals surface area contributed by atoms with Crippen LogP contribution in [0.1, 0.15) is 11.1 Å². The number of benzene rings is 2. The van der Waals surface area contributed by atoms with Gasteiger partial charge in [0.05, 0.1) is 6.42 Å². The summed E-state index contributed by atoms with van der Waals surface area (Å²) in [6.45, 7) is 0. The van der Waals surface area contributed by atoms with Crippen LogP contribution in [0, 0.1) is 5.82 Å². The molecule has 1 amide bonds. The van der Waals surface area contributed by atoms with E-state index in [4.69, 9.17) is 0 Å². The van der Waals surface area contributed by atoms with E-state index in [0.717, 1.165) is 6.42 Å². The second kappa shape index (κ2) is 7.93. The van der Waals surface area contributed by atoms with E-state index in [-0.39, 0.29) is 24.2 Å². The van der Waals surface area contributed by atoms with Crippen molar-refractivity contribution in [1.82, 2.24) is 5.32 Å². The van der Waals surface area contributed by atoms with Crippen molar-refractivity contribution < 1.29 is 9.18 Å². The first-order valence-corrected chi connectivity index (χ1v) is 7.93. The van der Waals surface area contributed by atoms with E-state index in [1.54, 1.807) is 12.1 Å². The molecule has 21 heavy (non-hydrogen) atoms. The zero-order chi connectivity index (χ0) is 15.1. The summed E-state index contributed by atoms with van der Waals surface area (Å²) in [5, 5.41) is 3.65. The maximum absolute atomic E-state index is 13.1. The van der Waals surface area contributed by atoms with Gasteiger partial charge in [0.2, 0.25) is 5.91 Å². The molecule has 0 aliphatic rings. The molecule has 0 spiro atoms. The van der Waals surface area contributed by atoms with Gasteiger partial charge in [-0.15, -0.1) is 0 Å². The minimum Gasteiger partial charge on any atom is -0.352 e. The summed E-state index contributed by atoms with van der Waals surface area (Å²) in [6, 6.07) is 16.2. The number of halogens is 2. The lowest BCUT2D eigenvalue weighted by Crippen LogP contribution is -2.38. The van der Waals surface area contributed by atoms with E-state index in [2.05, 4.69) is 21.2 Å². The van der Waals surface area contributed by atoms with Gasteiger partial charge in [0.15, 0.2) is 0 Å². The summed E-state index contributed by atoms with van der Waals surface area (Å²) >= 11 is 3.42. The Balaban J connectivity index is 1.90. The monoisotopic (exact) mass is 349 g/mol. The molecule has 110 valence electrons. The molecule has 0 fully saturated rings. The summed E-state index contributed by atoms with van der Waals surface area (Å²) in [6.07, 6.45) is 0.955. The number of nitrogens with one attached hydrogen (secondary N) is 1. The van der Waals surface area contributed by atoms with E-state index < -0.39 is 0 Å². The number of amides is 1. The Kier molecular flexibility index (Phi) is 5.93. The molecule has 1 atom stereocenters.